The summed E-state index contributed by atoms with van der Waals surface area (Å²) < 4.78 is 26.2. The van der Waals surface area contributed by atoms with Crippen molar-refractivity contribution >= 4 is 26.5 Å². The van der Waals surface area contributed by atoms with Crippen LogP contribution in [-0.4, -0.2) is 54.3 Å². The summed E-state index contributed by atoms with van der Waals surface area (Å²) in [6, 6.07) is 0.0542. The molecule has 8 heteroatoms. The highest BCUT2D eigenvalue weighted by atomic mass is 32.2. The summed E-state index contributed by atoms with van der Waals surface area (Å²) in [7, 11) is -1.36. The van der Waals surface area contributed by atoms with Crippen LogP contribution in [0.3, 0.4) is 0 Å². The first kappa shape index (κ1) is 14.2. The molecule has 0 amide bonds. The first-order valence-electron chi connectivity index (χ1n) is 7.00. The molecule has 1 unspecified atom stereocenters. The number of aromatic nitrogens is 2. The molecule has 1 atom stereocenters. The number of likely N-dealkylation sites (N-methyl/N-ethyl adjacent to an activating group) is 1. The third-order valence-electron chi connectivity index (χ3n) is 4.04. The molecule has 1 aliphatic heterocycles. The van der Waals surface area contributed by atoms with E-state index >= 15 is 0 Å². The molecule has 20 heavy (non-hydrogen) atoms. The Labute approximate surface area is 123 Å². The molecule has 2 fully saturated rings. The van der Waals surface area contributed by atoms with E-state index in [2.05, 4.69) is 15.1 Å². The maximum Gasteiger partial charge on any atom is 0.217 e. The molecule has 0 aromatic carbocycles. The lowest BCUT2D eigenvalue weighted by molar-refractivity contribution is 0.319. The second-order valence-corrected chi connectivity index (χ2v) is 9.04. The number of hydrogen-bond acceptors (Lipinski definition) is 6. The van der Waals surface area contributed by atoms with Crippen molar-refractivity contribution in [3.8, 4) is 0 Å². The first-order valence-corrected chi connectivity index (χ1v) is 9.32. The Hall–Kier alpha value is -0.730. The number of hydrogen-bond donors (Lipinski definition) is 0. The smallest absolute Gasteiger partial charge is 0.217 e. The minimum Gasteiger partial charge on any atom is -0.345 e. The largest absolute Gasteiger partial charge is 0.345 e. The van der Waals surface area contributed by atoms with E-state index in [-0.39, 0.29) is 11.3 Å². The highest BCUT2D eigenvalue weighted by molar-refractivity contribution is 7.90. The molecule has 112 valence electrons. The van der Waals surface area contributed by atoms with Gasteiger partial charge < -0.3 is 4.90 Å². The van der Waals surface area contributed by atoms with Gasteiger partial charge in [0.1, 0.15) is 5.01 Å². The predicted molar refractivity (Wildman–Crippen MR) is 79.6 cm³/mol. The molecule has 0 spiro atoms. The number of rotatable bonds is 4. The third-order valence-corrected chi connectivity index (χ3v) is 7.36. The fourth-order valence-electron chi connectivity index (χ4n) is 2.65. The summed E-state index contributed by atoms with van der Waals surface area (Å²) in [5.41, 5.74) is 0. The molecule has 1 aliphatic carbocycles. The van der Waals surface area contributed by atoms with Crippen LogP contribution in [0.4, 0.5) is 5.13 Å². The van der Waals surface area contributed by atoms with Crippen LogP contribution in [0.15, 0.2) is 0 Å². The fraction of sp³-hybridized carbons (Fsp3) is 0.833. The molecule has 1 saturated carbocycles. The van der Waals surface area contributed by atoms with E-state index in [1.165, 1.54) is 0 Å². The maximum absolute atomic E-state index is 12.3. The summed E-state index contributed by atoms with van der Waals surface area (Å²) in [6.07, 6.45) is 3.56. The Bertz CT molecular complexity index is 582. The lowest BCUT2D eigenvalue weighted by atomic mass is 10.1. The fourth-order valence-corrected chi connectivity index (χ4v) is 5.16. The molecular weight excluding hydrogens is 296 g/mol. The van der Waals surface area contributed by atoms with Crippen molar-refractivity contribution in [2.24, 2.45) is 0 Å². The first-order chi connectivity index (χ1) is 9.48. The SMILES string of the molecule is Cc1nnc(N2CCCC(N(C)S(=O)(=O)C3CC3)C2)s1. The van der Waals surface area contributed by atoms with Crippen molar-refractivity contribution in [2.75, 3.05) is 25.0 Å². The second-order valence-electron chi connectivity index (χ2n) is 5.61. The van der Waals surface area contributed by atoms with Crippen molar-refractivity contribution in [1.82, 2.24) is 14.5 Å². The van der Waals surface area contributed by atoms with Gasteiger partial charge in [0.25, 0.3) is 0 Å². The van der Waals surface area contributed by atoms with E-state index in [0.29, 0.717) is 0 Å². The number of piperidine rings is 1. The average molecular weight is 316 g/mol. The Kier molecular flexibility index (Phi) is 3.72. The zero-order chi connectivity index (χ0) is 14.3. The normalized spacial score (nSPS) is 24.4. The highest BCUT2D eigenvalue weighted by Crippen LogP contribution is 2.33. The summed E-state index contributed by atoms with van der Waals surface area (Å²) in [5.74, 6) is 0. The van der Waals surface area contributed by atoms with Crippen LogP contribution >= 0.6 is 11.3 Å². The molecule has 2 aliphatic rings. The van der Waals surface area contributed by atoms with E-state index in [4.69, 9.17) is 0 Å². The molecule has 0 N–H and O–H groups in total. The molecule has 6 nitrogen and oxygen atoms in total. The quantitative estimate of drug-likeness (QED) is 0.836. The predicted octanol–water partition coefficient (Wildman–Crippen LogP) is 1.24. The Balaban J connectivity index is 1.71. The van der Waals surface area contributed by atoms with E-state index in [1.54, 1.807) is 22.7 Å². The van der Waals surface area contributed by atoms with Gasteiger partial charge in [0.15, 0.2) is 0 Å². The monoisotopic (exact) mass is 316 g/mol. The van der Waals surface area contributed by atoms with Crippen molar-refractivity contribution < 1.29 is 8.42 Å². The van der Waals surface area contributed by atoms with Crippen LogP contribution < -0.4 is 4.90 Å². The topological polar surface area (TPSA) is 66.4 Å². The van der Waals surface area contributed by atoms with Crippen LogP contribution in [-0.2, 0) is 10.0 Å². The lowest BCUT2D eigenvalue weighted by Crippen LogP contribution is -2.49. The van der Waals surface area contributed by atoms with Gasteiger partial charge in [0.05, 0.1) is 5.25 Å². The zero-order valence-corrected chi connectivity index (χ0v) is 13.5. The van der Waals surface area contributed by atoms with Gasteiger partial charge in [-0.15, -0.1) is 10.2 Å². The summed E-state index contributed by atoms with van der Waals surface area (Å²) >= 11 is 1.57. The highest BCUT2D eigenvalue weighted by Gasteiger charge is 2.41. The summed E-state index contributed by atoms with van der Waals surface area (Å²) in [6.45, 7) is 3.59. The van der Waals surface area contributed by atoms with Crippen molar-refractivity contribution in [3.05, 3.63) is 5.01 Å². The van der Waals surface area contributed by atoms with Gasteiger partial charge in [-0.1, -0.05) is 11.3 Å². The molecular formula is C12H20N4O2S2. The molecule has 2 heterocycles. The number of nitrogens with zero attached hydrogens (tertiary/aromatic N) is 4. The molecule has 1 aromatic rings. The summed E-state index contributed by atoms with van der Waals surface area (Å²) in [4.78, 5) is 2.16. The summed E-state index contributed by atoms with van der Waals surface area (Å²) in [5, 5.41) is 9.93. The minimum absolute atomic E-state index is 0.0542. The van der Waals surface area contributed by atoms with Gasteiger partial charge in [-0.2, -0.15) is 4.31 Å². The van der Waals surface area contributed by atoms with Crippen molar-refractivity contribution in [3.63, 3.8) is 0 Å². The average Bonchev–Trinajstić information content (AvgIpc) is 3.21. The van der Waals surface area contributed by atoms with Crippen LogP contribution in [0.25, 0.3) is 0 Å². The Morgan fingerprint density at radius 2 is 2.05 bits per heavy atom. The Morgan fingerprint density at radius 1 is 1.30 bits per heavy atom. The maximum atomic E-state index is 12.3. The van der Waals surface area contributed by atoms with Crippen LogP contribution in [0, 0.1) is 6.92 Å². The lowest BCUT2D eigenvalue weighted by Gasteiger charge is -2.36. The number of aryl methyl sites for hydroxylation is 1. The molecule has 1 saturated heterocycles. The van der Waals surface area contributed by atoms with Gasteiger partial charge in [-0.05, 0) is 32.6 Å². The van der Waals surface area contributed by atoms with Gasteiger partial charge in [-0.25, -0.2) is 8.42 Å². The van der Waals surface area contributed by atoms with Gasteiger partial charge in [0, 0.05) is 26.2 Å². The van der Waals surface area contributed by atoms with Gasteiger partial charge in [-0.3, -0.25) is 0 Å². The van der Waals surface area contributed by atoms with E-state index < -0.39 is 10.0 Å². The van der Waals surface area contributed by atoms with E-state index in [9.17, 15) is 8.42 Å². The van der Waals surface area contributed by atoms with Crippen LogP contribution in [0.2, 0.25) is 0 Å². The van der Waals surface area contributed by atoms with Crippen molar-refractivity contribution in [2.45, 2.75) is 43.9 Å². The van der Waals surface area contributed by atoms with Crippen LogP contribution in [0.1, 0.15) is 30.7 Å². The standard InChI is InChI=1S/C12H20N4O2S2/c1-9-13-14-12(19-9)16-7-3-4-10(8-16)15(2)20(17,18)11-5-6-11/h10-11H,3-8H2,1-2H3. The van der Waals surface area contributed by atoms with E-state index in [1.807, 2.05) is 6.92 Å². The van der Waals surface area contributed by atoms with Crippen molar-refractivity contribution in [1.29, 1.82) is 0 Å². The molecule has 1 aromatic heterocycles. The van der Waals surface area contributed by atoms with Gasteiger partial charge >= 0.3 is 0 Å². The second kappa shape index (κ2) is 5.23. The van der Waals surface area contributed by atoms with E-state index in [0.717, 1.165) is 48.9 Å². The number of anilines is 1. The molecule has 0 bridgehead atoms. The molecule has 3 rings (SSSR count). The number of sulfonamides is 1. The third kappa shape index (κ3) is 2.68. The Morgan fingerprint density at radius 3 is 2.65 bits per heavy atom. The molecule has 0 radical (unpaired) electrons. The van der Waals surface area contributed by atoms with Gasteiger partial charge in [0.2, 0.25) is 15.2 Å². The minimum atomic E-state index is -3.09. The zero-order valence-electron chi connectivity index (χ0n) is 11.8. The van der Waals surface area contributed by atoms with Crippen LogP contribution in [0.5, 0.6) is 0 Å².